The van der Waals surface area contributed by atoms with Gasteiger partial charge in [0.15, 0.2) is 0 Å². The average molecular weight is 294 g/mol. The molecule has 3 aliphatic rings. The fraction of sp³-hybridized carbons (Fsp3) is 0.875. The maximum Gasteiger partial charge on any atom is 0.329 e. The first kappa shape index (κ1) is 14.7. The number of piperidine rings is 1. The van der Waals surface area contributed by atoms with Crippen molar-refractivity contribution < 1.29 is 14.7 Å². The number of carbonyl (C=O) groups excluding carboxylic acids is 1. The summed E-state index contributed by atoms with van der Waals surface area (Å²) in [6, 6.07) is 0.313. The average Bonchev–Trinajstić information content (AvgIpc) is 2.89. The topological polar surface area (TPSA) is 60.9 Å². The largest absolute Gasteiger partial charge is 0.480 e. The molecule has 118 valence electrons. The Balaban J connectivity index is 1.79. The second-order valence-electron chi connectivity index (χ2n) is 7.06. The van der Waals surface area contributed by atoms with Crippen LogP contribution in [-0.4, -0.2) is 51.6 Å². The molecule has 3 fully saturated rings. The van der Waals surface area contributed by atoms with Gasteiger partial charge in [-0.15, -0.1) is 0 Å². The van der Waals surface area contributed by atoms with Gasteiger partial charge in [-0.05, 0) is 51.4 Å². The molecule has 3 atom stereocenters. The quantitative estimate of drug-likeness (QED) is 0.809. The van der Waals surface area contributed by atoms with Gasteiger partial charge in [-0.2, -0.15) is 0 Å². The molecule has 2 aliphatic heterocycles. The molecule has 0 spiro atoms. The minimum Gasteiger partial charge on any atom is -0.480 e. The Hall–Kier alpha value is -1.26. The standard InChI is InChI=1S/C16H26N2O3/c1-16(14(19)20)9-5-11-18(16)15(21)17-10-4-7-12-6-2-3-8-13(12)17/h12-13H,2-11H2,1H3,(H,19,20)/t12-,13-,16?/m1/s1. The van der Waals surface area contributed by atoms with Crippen LogP contribution in [0.3, 0.4) is 0 Å². The van der Waals surface area contributed by atoms with Crippen molar-refractivity contribution in [2.45, 2.75) is 69.9 Å². The van der Waals surface area contributed by atoms with E-state index < -0.39 is 11.5 Å². The van der Waals surface area contributed by atoms with Gasteiger partial charge in [-0.3, -0.25) is 0 Å². The summed E-state index contributed by atoms with van der Waals surface area (Å²) in [7, 11) is 0. The van der Waals surface area contributed by atoms with Gasteiger partial charge >= 0.3 is 12.0 Å². The van der Waals surface area contributed by atoms with E-state index in [1.54, 1.807) is 11.8 Å². The van der Waals surface area contributed by atoms with Crippen LogP contribution in [0.15, 0.2) is 0 Å². The van der Waals surface area contributed by atoms with Crippen LogP contribution in [0, 0.1) is 5.92 Å². The van der Waals surface area contributed by atoms with E-state index in [-0.39, 0.29) is 6.03 Å². The van der Waals surface area contributed by atoms with Crippen LogP contribution < -0.4 is 0 Å². The molecule has 1 aliphatic carbocycles. The molecule has 1 unspecified atom stereocenters. The summed E-state index contributed by atoms with van der Waals surface area (Å²) in [5.41, 5.74) is -1.02. The molecule has 5 heteroatoms. The van der Waals surface area contributed by atoms with Crippen molar-refractivity contribution in [2.75, 3.05) is 13.1 Å². The predicted octanol–water partition coefficient (Wildman–Crippen LogP) is 2.70. The maximum atomic E-state index is 13.0. The molecule has 1 saturated carbocycles. The maximum absolute atomic E-state index is 13.0. The van der Waals surface area contributed by atoms with E-state index in [4.69, 9.17) is 0 Å². The summed E-state index contributed by atoms with van der Waals surface area (Å²) in [6.07, 6.45) is 8.43. The molecule has 0 aromatic heterocycles. The van der Waals surface area contributed by atoms with Crippen LogP contribution in [0.4, 0.5) is 4.79 Å². The van der Waals surface area contributed by atoms with Crippen LogP contribution in [0.25, 0.3) is 0 Å². The minimum atomic E-state index is -1.02. The summed E-state index contributed by atoms with van der Waals surface area (Å²) >= 11 is 0. The third-order valence-corrected chi connectivity index (χ3v) is 5.82. The van der Waals surface area contributed by atoms with Crippen LogP contribution in [0.5, 0.6) is 0 Å². The van der Waals surface area contributed by atoms with Crippen LogP contribution in [-0.2, 0) is 4.79 Å². The van der Waals surface area contributed by atoms with Gasteiger partial charge in [-0.25, -0.2) is 9.59 Å². The monoisotopic (exact) mass is 294 g/mol. The van der Waals surface area contributed by atoms with E-state index in [1.165, 1.54) is 25.7 Å². The van der Waals surface area contributed by atoms with E-state index in [0.717, 1.165) is 25.8 Å². The second-order valence-corrected chi connectivity index (χ2v) is 7.06. The summed E-state index contributed by atoms with van der Waals surface area (Å²) in [4.78, 5) is 28.2. The molecule has 5 nitrogen and oxygen atoms in total. The zero-order valence-corrected chi connectivity index (χ0v) is 12.9. The Labute approximate surface area is 126 Å². The molecular formula is C16H26N2O3. The summed E-state index contributed by atoms with van der Waals surface area (Å²) in [5.74, 6) is -0.235. The summed E-state index contributed by atoms with van der Waals surface area (Å²) in [6.45, 7) is 3.07. The van der Waals surface area contributed by atoms with Crippen molar-refractivity contribution in [3.05, 3.63) is 0 Å². The van der Waals surface area contributed by atoms with Crippen molar-refractivity contribution in [1.29, 1.82) is 0 Å². The fourth-order valence-corrected chi connectivity index (χ4v) is 4.51. The Kier molecular flexibility index (Phi) is 3.84. The molecule has 0 aromatic carbocycles. The first-order valence-corrected chi connectivity index (χ1v) is 8.35. The lowest BCUT2D eigenvalue weighted by molar-refractivity contribution is -0.147. The van der Waals surface area contributed by atoms with Crippen molar-refractivity contribution in [3.8, 4) is 0 Å². The fourth-order valence-electron chi connectivity index (χ4n) is 4.51. The van der Waals surface area contributed by atoms with E-state index in [1.807, 2.05) is 4.90 Å². The van der Waals surface area contributed by atoms with E-state index in [0.29, 0.717) is 24.9 Å². The molecule has 0 radical (unpaired) electrons. The number of carbonyl (C=O) groups is 2. The van der Waals surface area contributed by atoms with Crippen LogP contribution in [0.2, 0.25) is 0 Å². The smallest absolute Gasteiger partial charge is 0.329 e. The van der Waals surface area contributed by atoms with Gasteiger partial charge < -0.3 is 14.9 Å². The number of aliphatic carboxylic acids is 1. The van der Waals surface area contributed by atoms with Crippen LogP contribution >= 0.6 is 0 Å². The Morgan fingerprint density at radius 1 is 1.05 bits per heavy atom. The molecule has 2 heterocycles. The van der Waals surface area contributed by atoms with Gasteiger partial charge in [0.2, 0.25) is 0 Å². The normalized spacial score (nSPS) is 36.4. The number of amides is 2. The van der Waals surface area contributed by atoms with E-state index in [9.17, 15) is 14.7 Å². The number of fused-ring (bicyclic) bond motifs is 1. The molecule has 2 saturated heterocycles. The molecule has 21 heavy (non-hydrogen) atoms. The first-order valence-electron chi connectivity index (χ1n) is 8.35. The third kappa shape index (κ3) is 2.40. The highest BCUT2D eigenvalue weighted by molar-refractivity contribution is 5.86. The number of hydrogen-bond acceptors (Lipinski definition) is 2. The van der Waals surface area contributed by atoms with Gasteiger partial charge in [-0.1, -0.05) is 12.8 Å². The lowest BCUT2D eigenvalue weighted by atomic mass is 9.78. The lowest BCUT2D eigenvalue weighted by Gasteiger charge is -2.46. The zero-order valence-electron chi connectivity index (χ0n) is 12.9. The first-order chi connectivity index (χ1) is 10.0. The highest BCUT2D eigenvalue weighted by Gasteiger charge is 2.49. The van der Waals surface area contributed by atoms with Gasteiger partial charge in [0.1, 0.15) is 5.54 Å². The number of carboxylic acids is 1. The van der Waals surface area contributed by atoms with Crippen molar-refractivity contribution >= 4 is 12.0 Å². The third-order valence-electron chi connectivity index (χ3n) is 5.82. The van der Waals surface area contributed by atoms with Crippen molar-refractivity contribution in [2.24, 2.45) is 5.92 Å². The van der Waals surface area contributed by atoms with Crippen LogP contribution in [0.1, 0.15) is 58.3 Å². The van der Waals surface area contributed by atoms with Crippen molar-refractivity contribution in [3.63, 3.8) is 0 Å². The van der Waals surface area contributed by atoms with Crippen molar-refractivity contribution in [1.82, 2.24) is 9.80 Å². The minimum absolute atomic E-state index is 0.0333. The lowest BCUT2D eigenvalue weighted by Crippen LogP contribution is -2.59. The van der Waals surface area contributed by atoms with Gasteiger partial charge in [0.25, 0.3) is 0 Å². The highest BCUT2D eigenvalue weighted by Crippen LogP contribution is 2.38. The Bertz CT molecular complexity index is 437. The number of carboxylic acid groups (broad SMARTS) is 1. The SMILES string of the molecule is CC1(C(=O)O)CCCN1C(=O)N1CCC[C@H]2CCCC[C@H]21. The van der Waals surface area contributed by atoms with E-state index >= 15 is 0 Å². The zero-order chi connectivity index (χ0) is 15.0. The predicted molar refractivity (Wildman–Crippen MR) is 79.1 cm³/mol. The number of likely N-dealkylation sites (tertiary alicyclic amines) is 2. The van der Waals surface area contributed by atoms with E-state index in [2.05, 4.69) is 0 Å². The number of hydrogen-bond donors (Lipinski definition) is 1. The molecular weight excluding hydrogens is 268 g/mol. The number of urea groups is 1. The molecule has 1 N–H and O–H groups in total. The second kappa shape index (κ2) is 5.50. The Morgan fingerprint density at radius 3 is 2.52 bits per heavy atom. The number of nitrogens with zero attached hydrogens (tertiary/aromatic N) is 2. The summed E-state index contributed by atoms with van der Waals surface area (Å²) < 4.78 is 0. The molecule has 2 amide bonds. The van der Waals surface area contributed by atoms with Gasteiger partial charge in [0, 0.05) is 19.1 Å². The molecule has 0 bridgehead atoms. The Morgan fingerprint density at radius 2 is 1.76 bits per heavy atom. The molecule has 0 aromatic rings. The highest BCUT2D eigenvalue weighted by atomic mass is 16.4. The van der Waals surface area contributed by atoms with Gasteiger partial charge in [0.05, 0.1) is 0 Å². The number of rotatable bonds is 1. The molecule has 3 rings (SSSR count). The summed E-state index contributed by atoms with van der Waals surface area (Å²) in [5, 5.41) is 9.51.